The summed E-state index contributed by atoms with van der Waals surface area (Å²) in [6, 6.07) is 4.00. The number of carbonyl (C=O) groups is 1. The van der Waals surface area contributed by atoms with Crippen LogP contribution in [0.3, 0.4) is 0 Å². The van der Waals surface area contributed by atoms with E-state index >= 15 is 0 Å². The highest BCUT2D eigenvalue weighted by Gasteiger charge is 2.24. The quantitative estimate of drug-likeness (QED) is 0.846. The molecular weight excluding hydrogens is 290 g/mol. The van der Waals surface area contributed by atoms with Crippen LogP contribution in [0.25, 0.3) is 0 Å². The summed E-state index contributed by atoms with van der Waals surface area (Å²) in [5.74, 6) is -0.699. The maximum absolute atomic E-state index is 11.9. The number of halogens is 1. The van der Waals surface area contributed by atoms with Crippen LogP contribution >= 0.6 is 11.6 Å². The highest BCUT2D eigenvalue weighted by atomic mass is 35.5. The number of carboxylic acids is 1. The second-order valence-corrected chi connectivity index (χ2v) is 6.93. The molecule has 0 atom stereocenters. The molecule has 1 aliphatic rings. The number of anilines is 1. The third-order valence-electron chi connectivity index (χ3n) is 2.97. The first-order valence-corrected chi connectivity index (χ1v) is 7.94. The second-order valence-electron chi connectivity index (χ2n) is 4.65. The summed E-state index contributed by atoms with van der Waals surface area (Å²) in [6.45, 7) is 0. The van der Waals surface area contributed by atoms with E-state index in [1.54, 1.807) is 0 Å². The molecule has 5 nitrogen and oxygen atoms in total. The third-order valence-corrected chi connectivity index (χ3v) is 4.51. The topological polar surface area (TPSA) is 83.5 Å². The lowest BCUT2D eigenvalue weighted by atomic mass is 10.2. The van der Waals surface area contributed by atoms with Gasteiger partial charge < -0.3 is 5.11 Å². The van der Waals surface area contributed by atoms with Crippen molar-refractivity contribution in [1.29, 1.82) is 0 Å². The van der Waals surface area contributed by atoms with E-state index in [4.69, 9.17) is 16.7 Å². The number of hydrogen-bond donors (Lipinski definition) is 2. The average Bonchev–Trinajstić information content (AvgIpc) is 3.09. The van der Waals surface area contributed by atoms with Crippen LogP contribution in [0, 0.1) is 5.92 Å². The van der Waals surface area contributed by atoms with E-state index in [-0.39, 0.29) is 22.0 Å². The second kappa shape index (κ2) is 5.38. The van der Waals surface area contributed by atoms with Gasteiger partial charge in [-0.25, -0.2) is 13.2 Å². The van der Waals surface area contributed by atoms with Crippen molar-refractivity contribution < 1.29 is 18.3 Å². The first-order valence-electron chi connectivity index (χ1n) is 5.91. The molecule has 1 saturated carbocycles. The molecule has 0 aliphatic heterocycles. The van der Waals surface area contributed by atoms with Gasteiger partial charge in [-0.2, -0.15) is 0 Å². The van der Waals surface area contributed by atoms with Crippen LogP contribution in [0.4, 0.5) is 5.69 Å². The average molecular weight is 304 g/mol. The van der Waals surface area contributed by atoms with Crippen molar-refractivity contribution in [2.45, 2.75) is 19.3 Å². The minimum atomic E-state index is -3.53. The first-order chi connectivity index (χ1) is 8.87. The molecule has 0 aromatic heterocycles. The Balaban J connectivity index is 2.16. The molecule has 0 bridgehead atoms. The van der Waals surface area contributed by atoms with E-state index in [9.17, 15) is 13.2 Å². The minimum Gasteiger partial charge on any atom is -0.478 e. The number of aromatic carboxylic acids is 1. The molecule has 2 rings (SSSR count). The summed E-state index contributed by atoms with van der Waals surface area (Å²) in [5, 5.41) is 9.29. The van der Waals surface area contributed by atoms with Gasteiger partial charge in [0.05, 0.1) is 17.0 Å². The zero-order chi connectivity index (χ0) is 14.0. The summed E-state index contributed by atoms with van der Waals surface area (Å²) in [6.07, 6.45) is 2.76. The summed E-state index contributed by atoms with van der Waals surface area (Å²) >= 11 is 5.76. The smallest absolute Gasteiger partial charge is 0.337 e. The van der Waals surface area contributed by atoms with Crippen molar-refractivity contribution in [3.63, 3.8) is 0 Å². The number of hydrogen-bond acceptors (Lipinski definition) is 3. The van der Waals surface area contributed by atoms with Gasteiger partial charge in [0.25, 0.3) is 0 Å². The fraction of sp³-hybridized carbons (Fsp3) is 0.417. The molecule has 0 saturated heterocycles. The number of carboxylic acid groups (broad SMARTS) is 1. The predicted molar refractivity (Wildman–Crippen MR) is 73.2 cm³/mol. The molecule has 0 radical (unpaired) electrons. The lowest BCUT2D eigenvalue weighted by Gasteiger charge is -2.10. The van der Waals surface area contributed by atoms with E-state index in [1.807, 2.05) is 0 Å². The molecular formula is C12H14ClNO4S. The Hall–Kier alpha value is -1.27. The molecule has 1 aliphatic carbocycles. The Bertz CT molecular complexity index is 596. The van der Waals surface area contributed by atoms with Crippen molar-refractivity contribution in [2.75, 3.05) is 10.5 Å². The van der Waals surface area contributed by atoms with E-state index in [0.29, 0.717) is 12.3 Å². The number of benzene rings is 1. The van der Waals surface area contributed by atoms with E-state index < -0.39 is 16.0 Å². The fourth-order valence-electron chi connectivity index (χ4n) is 1.73. The number of rotatable bonds is 6. The van der Waals surface area contributed by atoms with Crippen LogP contribution in [0.1, 0.15) is 29.6 Å². The normalized spacial score (nSPS) is 15.2. The molecule has 1 aromatic carbocycles. The summed E-state index contributed by atoms with van der Waals surface area (Å²) in [7, 11) is -3.53. The van der Waals surface area contributed by atoms with E-state index in [1.165, 1.54) is 18.2 Å². The van der Waals surface area contributed by atoms with Crippen LogP contribution in [-0.4, -0.2) is 25.2 Å². The standard InChI is InChI=1S/C12H14ClNO4S/c13-9-3-4-10(12(15)16)11(7-9)14-19(17,18)6-5-8-1-2-8/h3-4,7-8,14H,1-2,5-6H2,(H,15,16). The molecule has 1 aromatic rings. The van der Waals surface area contributed by atoms with Crippen molar-refractivity contribution in [3.8, 4) is 0 Å². The van der Waals surface area contributed by atoms with Gasteiger partial charge in [0.15, 0.2) is 0 Å². The molecule has 2 N–H and O–H groups in total. The molecule has 0 heterocycles. The van der Waals surface area contributed by atoms with Gasteiger partial charge in [0.1, 0.15) is 0 Å². The lowest BCUT2D eigenvalue weighted by Crippen LogP contribution is -2.19. The zero-order valence-corrected chi connectivity index (χ0v) is 11.7. The third kappa shape index (κ3) is 4.11. The van der Waals surface area contributed by atoms with Gasteiger partial charge in [-0.15, -0.1) is 0 Å². The van der Waals surface area contributed by atoms with Crippen LogP contribution in [0.5, 0.6) is 0 Å². The Kier molecular flexibility index (Phi) is 4.01. The molecule has 0 unspecified atom stereocenters. The van der Waals surface area contributed by atoms with Crippen molar-refractivity contribution in [2.24, 2.45) is 5.92 Å². The van der Waals surface area contributed by atoms with Crippen LogP contribution in [-0.2, 0) is 10.0 Å². The largest absolute Gasteiger partial charge is 0.478 e. The Morgan fingerprint density at radius 3 is 2.68 bits per heavy atom. The van der Waals surface area contributed by atoms with Gasteiger partial charge in [-0.05, 0) is 30.5 Å². The Morgan fingerprint density at radius 1 is 1.42 bits per heavy atom. The van der Waals surface area contributed by atoms with E-state index in [0.717, 1.165) is 12.8 Å². The molecule has 7 heteroatoms. The van der Waals surface area contributed by atoms with Crippen LogP contribution in [0.15, 0.2) is 18.2 Å². The van der Waals surface area contributed by atoms with Gasteiger partial charge in [0, 0.05) is 5.02 Å². The predicted octanol–water partition coefficient (Wildman–Crippen LogP) is 2.58. The maximum atomic E-state index is 11.9. The van der Waals surface area contributed by atoms with E-state index in [2.05, 4.69) is 4.72 Å². The molecule has 104 valence electrons. The van der Waals surface area contributed by atoms with Gasteiger partial charge in [-0.3, -0.25) is 4.72 Å². The van der Waals surface area contributed by atoms with Crippen LogP contribution < -0.4 is 4.72 Å². The molecule has 0 spiro atoms. The SMILES string of the molecule is O=C(O)c1ccc(Cl)cc1NS(=O)(=O)CCC1CC1. The monoisotopic (exact) mass is 303 g/mol. The Labute approximate surface area is 116 Å². The first kappa shape index (κ1) is 14.1. The summed E-state index contributed by atoms with van der Waals surface area (Å²) in [5.41, 5.74) is -0.102. The van der Waals surface area contributed by atoms with Gasteiger partial charge >= 0.3 is 5.97 Å². The summed E-state index contributed by atoms with van der Waals surface area (Å²) < 4.78 is 26.0. The van der Waals surface area contributed by atoms with Crippen molar-refractivity contribution >= 4 is 33.3 Å². The Morgan fingerprint density at radius 2 is 2.11 bits per heavy atom. The fourth-order valence-corrected chi connectivity index (χ4v) is 3.16. The van der Waals surface area contributed by atoms with Gasteiger partial charge in [-0.1, -0.05) is 24.4 Å². The zero-order valence-electron chi connectivity index (χ0n) is 10.1. The van der Waals surface area contributed by atoms with Crippen LogP contribution in [0.2, 0.25) is 5.02 Å². The molecule has 0 amide bonds. The summed E-state index contributed by atoms with van der Waals surface area (Å²) in [4.78, 5) is 11.0. The number of sulfonamides is 1. The van der Waals surface area contributed by atoms with Gasteiger partial charge in [0.2, 0.25) is 10.0 Å². The minimum absolute atomic E-state index is 0.00321. The highest BCUT2D eigenvalue weighted by Crippen LogP contribution is 2.33. The van der Waals surface area contributed by atoms with Crippen molar-refractivity contribution in [3.05, 3.63) is 28.8 Å². The lowest BCUT2D eigenvalue weighted by molar-refractivity contribution is 0.0698. The molecule has 19 heavy (non-hydrogen) atoms. The van der Waals surface area contributed by atoms with Crippen molar-refractivity contribution in [1.82, 2.24) is 0 Å². The highest BCUT2D eigenvalue weighted by molar-refractivity contribution is 7.92. The molecule has 1 fully saturated rings. The number of nitrogens with one attached hydrogen (secondary N) is 1. The maximum Gasteiger partial charge on any atom is 0.337 e.